The van der Waals surface area contributed by atoms with Gasteiger partial charge in [0.1, 0.15) is 0 Å². The van der Waals surface area contributed by atoms with Crippen LogP contribution in [0.4, 0.5) is 23.7 Å². The van der Waals surface area contributed by atoms with Gasteiger partial charge in [-0.25, -0.2) is 4.79 Å². The summed E-state index contributed by atoms with van der Waals surface area (Å²) in [6.45, 7) is 2.67. The minimum atomic E-state index is -4.35. The molecule has 1 saturated heterocycles. The van der Waals surface area contributed by atoms with E-state index in [0.717, 1.165) is 32.5 Å². The van der Waals surface area contributed by atoms with Gasteiger partial charge in [-0.2, -0.15) is 13.2 Å². The van der Waals surface area contributed by atoms with Crippen molar-refractivity contribution < 1.29 is 18.0 Å². The van der Waals surface area contributed by atoms with Crippen molar-refractivity contribution in [3.63, 3.8) is 0 Å². The maximum Gasteiger partial charge on any atom is 0.446 e. The van der Waals surface area contributed by atoms with Crippen molar-refractivity contribution in [2.24, 2.45) is 0 Å². The Kier molecular flexibility index (Phi) is 6.85. The summed E-state index contributed by atoms with van der Waals surface area (Å²) in [6.07, 6.45) is 1.68. The molecule has 3 rings (SSSR count). The van der Waals surface area contributed by atoms with Gasteiger partial charge in [-0.3, -0.25) is 4.90 Å². The molecule has 4 nitrogen and oxygen atoms in total. The standard InChI is InChI=1S/C20H22F3N3OS/c21-20(22,23)28-18-8-4-7-17(13-18)25-19(27)24-16-9-11-26(12-10-16)14-15-5-2-1-3-6-15/h1-8,13,16H,9-12,14H2,(H2,24,25,27). The van der Waals surface area contributed by atoms with Crippen molar-refractivity contribution in [3.8, 4) is 0 Å². The van der Waals surface area contributed by atoms with Crippen LogP contribution in [0.25, 0.3) is 0 Å². The number of hydrogen-bond acceptors (Lipinski definition) is 3. The summed E-state index contributed by atoms with van der Waals surface area (Å²) in [4.78, 5) is 14.6. The van der Waals surface area contributed by atoms with Crippen LogP contribution in [0.2, 0.25) is 0 Å². The van der Waals surface area contributed by atoms with Gasteiger partial charge in [0.05, 0.1) is 0 Å². The van der Waals surface area contributed by atoms with Crippen molar-refractivity contribution in [1.82, 2.24) is 10.2 Å². The molecular weight excluding hydrogens is 387 g/mol. The highest BCUT2D eigenvalue weighted by Crippen LogP contribution is 2.37. The number of halogens is 3. The van der Waals surface area contributed by atoms with E-state index in [-0.39, 0.29) is 22.7 Å². The molecule has 150 valence electrons. The van der Waals surface area contributed by atoms with Crippen molar-refractivity contribution in [2.45, 2.75) is 35.8 Å². The number of alkyl halides is 3. The Bertz CT molecular complexity index is 778. The van der Waals surface area contributed by atoms with E-state index in [1.165, 1.54) is 23.8 Å². The molecule has 0 spiro atoms. The molecule has 1 aliphatic heterocycles. The van der Waals surface area contributed by atoms with Crippen LogP contribution >= 0.6 is 11.8 Å². The summed E-state index contributed by atoms with van der Waals surface area (Å²) in [7, 11) is 0. The summed E-state index contributed by atoms with van der Waals surface area (Å²) in [5.41, 5.74) is -2.74. The van der Waals surface area contributed by atoms with Gasteiger partial charge in [0.25, 0.3) is 0 Å². The monoisotopic (exact) mass is 409 g/mol. The molecule has 0 aliphatic carbocycles. The molecular formula is C20H22F3N3OS. The summed E-state index contributed by atoms with van der Waals surface area (Å²) in [5, 5.41) is 5.54. The van der Waals surface area contributed by atoms with Crippen molar-refractivity contribution >= 4 is 23.5 Å². The molecule has 2 amide bonds. The number of rotatable bonds is 5. The van der Waals surface area contributed by atoms with Crippen LogP contribution in [0.1, 0.15) is 18.4 Å². The van der Waals surface area contributed by atoms with E-state index in [1.807, 2.05) is 18.2 Å². The molecule has 0 aromatic heterocycles. The number of nitrogens with zero attached hydrogens (tertiary/aromatic N) is 1. The van der Waals surface area contributed by atoms with E-state index in [4.69, 9.17) is 0 Å². The minimum absolute atomic E-state index is 0.0412. The van der Waals surface area contributed by atoms with Crippen molar-refractivity contribution in [2.75, 3.05) is 18.4 Å². The molecule has 0 saturated carbocycles. The fraction of sp³-hybridized carbons (Fsp3) is 0.350. The van der Waals surface area contributed by atoms with Gasteiger partial charge < -0.3 is 10.6 Å². The lowest BCUT2D eigenvalue weighted by molar-refractivity contribution is -0.0328. The highest BCUT2D eigenvalue weighted by atomic mass is 32.2. The van der Waals surface area contributed by atoms with E-state index in [1.54, 1.807) is 6.07 Å². The Morgan fingerprint density at radius 1 is 1.07 bits per heavy atom. The van der Waals surface area contributed by atoms with Crippen LogP contribution in [-0.4, -0.2) is 35.6 Å². The van der Waals surface area contributed by atoms with Crippen LogP contribution < -0.4 is 10.6 Å². The minimum Gasteiger partial charge on any atom is -0.335 e. The number of carbonyl (C=O) groups is 1. The van der Waals surface area contributed by atoms with Crippen LogP contribution in [0.3, 0.4) is 0 Å². The smallest absolute Gasteiger partial charge is 0.335 e. The number of amides is 2. The summed E-state index contributed by atoms with van der Waals surface area (Å²) < 4.78 is 37.4. The van der Waals surface area contributed by atoms with Crippen LogP contribution in [-0.2, 0) is 6.54 Å². The number of urea groups is 1. The number of likely N-dealkylation sites (tertiary alicyclic amines) is 1. The largest absolute Gasteiger partial charge is 0.446 e. The highest BCUT2D eigenvalue weighted by Gasteiger charge is 2.29. The number of nitrogens with one attached hydrogen (secondary N) is 2. The van der Waals surface area contributed by atoms with E-state index in [9.17, 15) is 18.0 Å². The zero-order valence-corrected chi connectivity index (χ0v) is 16.0. The van der Waals surface area contributed by atoms with Crippen LogP contribution in [0.5, 0.6) is 0 Å². The first-order valence-corrected chi connectivity index (χ1v) is 9.89. The molecule has 1 fully saturated rings. The van der Waals surface area contributed by atoms with Gasteiger partial charge in [-0.05, 0) is 48.4 Å². The van der Waals surface area contributed by atoms with Crippen LogP contribution in [0, 0.1) is 0 Å². The molecule has 1 heterocycles. The average Bonchev–Trinajstić information content (AvgIpc) is 2.63. The molecule has 2 N–H and O–H groups in total. The first-order valence-electron chi connectivity index (χ1n) is 9.07. The number of anilines is 1. The normalized spacial score (nSPS) is 16.0. The predicted molar refractivity (Wildman–Crippen MR) is 105 cm³/mol. The third kappa shape index (κ3) is 6.76. The highest BCUT2D eigenvalue weighted by molar-refractivity contribution is 8.00. The van der Waals surface area contributed by atoms with E-state index in [2.05, 4.69) is 27.7 Å². The molecule has 0 atom stereocenters. The Morgan fingerprint density at radius 2 is 1.79 bits per heavy atom. The summed E-state index contributed by atoms with van der Waals surface area (Å²) >= 11 is -0.199. The van der Waals surface area contributed by atoms with Crippen molar-refractivity contribution in [3.05, 3.63) is 60.2 Å². The molecule has 2 aromatic carbocycles. The fourth-order valence-electron chi connectivity index (χ4n) is 3.20. The van der Waals surface area contributed by atoms with Gasteiger partial charge in [0.15, 0.2) is 0 Å². The topological polar surface area (TPSA) is 44.4 Å². The third-order valence-corrected chi connectivity index (χ3v) is 5.22. The van der Waals surface area contributed by atoms with Crippen LogP contribution in [0.15, 0.2) is 59.5 Å². The SMILES string of the molecule is O=C(Nc1cccc(SC(F)(F)F)c1)NC1CCN(Cc2ccccc2)CC1. The predicted octanol–water partition coefficient (Wildman–Crippen LogP) is 5.08. The fourth-order valence-corrected chi connectivity index (χ4v) is 3.80. The zero-order valence-electron chi connectivity index (χ0n) is 15.2. The number of hydrogen-bond donors (Lipinski definition) is 2. The molecule has 0 radical (unpaired) electrons. The van der Waals surface area contributed by atoms with E-state index < -0.39 is 11.5 Å². The third-order valence-electron chi connectivity index (χ3n) is 4.50. The maximum absolute atomic E-state index is 12.5. The van der Waals surface area contributed by atoms with E-state index in [0.29, 0.717) is 5.69 Å². The quantitative estimate of drug-likeness (QED) is 0.677. The molecule has 1 aliphatic rings. The first-order chi connectivity index (χ1) is 13.4. The Morgan fingerprint density at radius 3 is 2.46 bits per heavy atom. The van der Waals surface area contributed by atoms with Gasteiger partial charge in [-0.15, -0.1) is 0 Å². The second-order valence-electron chi connectivity index (χ2n) is 6.71. The number of benzene rings is 2. The number of piperidine rings is 1. The lowest BCUT2D eigenvalue weighted by Gasteiger charge is -2.32. The lowest BCUT2D eigenvalue weighted by Crippen LogP contribution is -2.45. The average molecular weight is 409 g/mol. The number of thioether (sulfide) groups is 1. The maximum atomic E-state index is 12.5. The van der Waals surface area contributed by atoms with Gasteiger partial charge >= 0.3 is 11.5 Å². The number of carbonyl (C=O) groups excluding carboxylic acids is 1. The second kappa shape index (κ2) is 9.34. The van der Waals surface area contributed by atoms with Gasteiger partial charge in [-0.1, -0.05) is 36.4 Å². The Balaban J connectivity index is 1.44. The van der Waals surface area contributed by atoms with Gasteiger partial charge in [0, 0.05) is 36.3 Å². The molecule has 28 heavy (non-hydrogen) atoms. The van der Waals surface area contributed by atoms with Gasteiger partial charge in [0.2, 0.25) is 0 Å². The van der Waals surface area contributed by atoms with E-state index >= 15 is 0 Å². The summed E-state index contributed by atoms with van der Waals surface area (Å²) in [6, 6.07) is 15.7. The molecule has 0 bridgehead atoms. The summed E-state index contributed by atoms with van der Waals surface area (Å²) in [5.74, 6) is 0. The Labute approximate surface area is 166 Å². The van der Waals surface area contributed by atoms with Crippen molar-refractivity contribution in [1.29, 1.82) is 0 Å². The Hall–Kier alpha value is -2.19. The molecule has 8 heteroatoms. The second-order valence-corrected chi connectivity index (χ2v) is 7.85. The molecule has 2 aromatic rings. The zero-order chi connectivity index (χ0) is 20.0. The first kappa shape index (κ1) is 20.5. The molecule has 0 unspecified atom stereocenters. The lowest BCUT2D eigenvalue weighted by atomic mass is 10.0.